The lowest BCUT2D eigenvalue weighted by molar-refractivity contribution is 0.0929. The lowest BCUT2D eigenvalue weighted by Gasteiger charge is -2.13. The number of hydrogen-bond acceptors (Lipinski definition) is 4. The van der Waals surface area contributed by atoms with Gasteiger partial charge in [-0.25, -0.2) is 5.43 Å². The molecule has 1 heterocycles. The Hall–Kier alpha value is -2.50. The molecule has 0 aliphatic carbocycles. The van der Waals surface area contributed by atoms with Gasteiger partial charge in [0.15, 0.2) is 5.76 Å². The Kier molecular flexibility index (Phi) is 6.04. The third-order valence-electron chi connectivity index (χ3n) is 3.94. The fraction of sp³-hybridized carbons (Fsp3) is 0.200. The highest BCUT2D eigenvalue weighted by atomic mass is 35.5. The minimum absolute atomic E-state index is 0.0833. The van der Waals surface area contributed by atoms with E-state index in [-0.39, 0.29) is 11.9 Å². The van der Waals surface area contributed by atoms with E-state index in [1.807, 2.05) is 19.9 Å². The van der Waals surface area contributed by atoms with Crippen molar-refractivity contribution in [3.63, 3.8) is 0 Å². The summed E-state index contributed by atoms with van der Waals surface area (Å²) in [6.07, 6.45) is 2.47. The molecule has 1 aromatic heterocycles. The van der Waals surface area contributed by atoms with E-state index in [9.17, 15) is 4.79 Å². The zero-order valence-corrected chi connectivity index (χ0v) is 16.3. The molecule has 140 valence electrons. The van der Waals surface area contributed by atoms with Crippen molar-refractivity contribution in [1.82, 2.24) is 5.43 Å². The van der Waals surface area contributed by atoms with Crippen LogP contribution in [0.1, 0.15) is 36.4 Å². The molecule has 0 saturated heterocycles. The van der Waals surface area contributed by atoms with Crippen LogP contribution in [-0.4, -0.2) is 18.2 Å². The summed E-state index contributed by atoms with van der Waals surface area (Å²) in [6, 6.07) is 12.1. The van der Waals surface area contributed by atoms with Crippen molar-refractivity contribution in [1.29, 1.82) is 0 Å². The summed E-state index contributed by atoms with van der Waals surface area (Å²) in [6.45, 7) is 4.02. The average Bonchev–Trinajstić information content (AvgIpc) is 3.07. The van der Waals surface area contributed by atoms with Gasteiger partial charge in [-0.2, -0.15) is 5.10 Å². The van der Waals surface area contributed by atoms with E-state index in [0.29, 0.717) is 21.4 Å². The quantitative estimate of drug-likeness (QED) is 0.424. The molecule has 1 N–H and O–H groups in total. The second-order valence-electron chi connectivity index (χ2n) is 6.02. The van der Waals surface area contributed by atoms with Gasteiger partial charge in [-0.3, -0.25) is 4.79 Å². The highest BCUT2D eigenvalue weighted by Gasteiger charge is 2.12. The summed E-state index contributed by atoms with van der Waals surface area (Å²) in [7, 11) is 0. The second kappa shape index (κ2) is 8.46. The fourth-order valence-corrected chi connectivity index (χ4v) is 2.75. The predicted octanol–water partition coefficient (Wildman–Crippen LogP) is 5.68. The molecular formula is C20H18Cl2N2O3. The van der Waals surface area contributed by atoms with Crippen molar-refractivity contribution in [2.45, 2.75) is 26.4 Å². The molecule has 5 nitrogen and oxygen atoms in total. The van der Waals surface area contributed by atoms with E-state index in [2.05, 4.69) is 10.5 Å². The van der Waals surface area contributed by atoms with E-state index in [1.165, 1.54) is 6.21 Å². The number of amides is 1. The molecule has 0 radical (unpaired) electrons. The lowest BCUT2D eigenvalue weighted by atomic mass is 10.2. The van der Waals surface area contributed by atoms with E-state index >= 15 is 0 Å². The van der Waals surface area contributed by atoms with Crippen LogP contribution < -0.4 is 10.2 Å². The molecule has 1 atom stereocenters. The predicted molar refractivity (Wildman–Crippen MR) is 108 cm³/mol. The first-order valence-corrected chi connectivity index (χ1v) is 9.20. The number of fused-ring (bicyclic) bond motifs is 1. The number of ether oxygens (including phenoxy) is 1. The van der Waals surface area contributed by atoms with Crippen LogP contribution in [0, 0.1) is 0 Å². The fourth-order valence-electron chi connectivity index (χ4n) is 2.34. The number of nitrogens with zero attached hydrogens (tertiary/aromatic N) is 1. The molecule has 0 spiro atoms. The minimum atomic E-state index is -0.457. The van der Waals surface area contributed by atoms with Gasteiger partial charge in [0.05, 0.1) is 17.3 Å². The number of furan rings is 1. The monoisotopic (exact) mass is 404 g/mol. The topological polar surface area (TPSA) is 63.8 Å². The Labute approximate surface area is 166 Å². The van der Waals surface area contributed by atoms with Crippen LogP contribution in [0.2, 0.25) is 10.0 Å². The van der Waals surface area contributed by atoms with Crippen molar-refractivity contribution in [2.75, 3.05) is 0 Å². The zero-order valence-electron chi connectivity index (χ0n) is 14.8. The molecule has 7 heteroatoms. The molecule has 0 saturated carbocycles. The summed E-state index contributed by atoms with van der Waals surface area (Å²) in [5, 5.41) is 5.75. The molecule has 0 aliphatic rings. The van der Waals surface area contributed by atoms with Crippen molar-refractivity contribution in [2.24, 2.45) is 5.10 Å². The molecule has 0 unspecified atom stereocenters. The van der Waals surface area contributed by atoms with Gasteiger partial charge in [-0.05, 0) is 61.4 Å². The van der Waals surface area contributed by atoms with Gasteiger partial charge in [0, 0.05) is 10.4 Å². The molecule has 0 fully saturated rings. The standard InChI is InChI=1S/C20H18Cl2N2O3/c1-3-12(2)26-18-6-4-13(8-16(18)22)11-23-24-20(25)19-10-14-9-15(21)5-7-17(14)27-19/h4-12H,3H2,1-2H3,(H,24,25)/b23-11+/t12-/m0/s1. The third kappa shape index (κ3) is 4.81. The molecular weight excluding hydrogens is 387 g/mol. The number of halogens is 2. The zero-order chi connectivity index (χ0) is 19.4. The largest absolute Gasteiger partial charge is 0.489 e. The highest BCUT2D eigenvalue weighted by molar-refractivity contribution is 6.32. The molecule has 3 aromatic rings. The van der Waals surface area contributed by atoms with Gasteiger partial charge < -0.3 is 9.15 Å². The first-order chi connectivity index (χ1) is 13.0. The first-order valence-electron chi connectivity index (χ1n) is 8.45. The van der Waals surface area contributed by atoms with Gasteiger partial charge in [-0.1, -0.05) is 30.1 Å². The van der Waals surface area contributed by atoms with Crippen molar-refractivity contribution < 1.29 is 13.9 Å². The number of hydrazone groups is 1. The molecule has 0 bridgehead atoms. The molecule has 27 heavy (non-hydrogen) atoms. The highest BCUT2D eigenvalue weighted by Crippen LogP contribution is 2.26. The Morgan fingerprint density at radius 1 is 1.26 bits per heavy atom. The summed E-state index contributed by atoms with van der Waals surface area (Å²) in [5.41, 5.74) is 3.74. The van der Waals surface area contributed by atoms with Crippen LogP contribution in [-0.2, 0) is 0 Å². The molecule has 1 amide bonds. The van der Waals surface area contributed by atoms with Crippen LogP contribution in [0.15, 0.2) is 52.0 Å². The lowest BCUT2D eigenvalue weighted by Crippen LogP contribution is -2.16. The maximum atomic E-state index is 12.2. The van der Waals surface area contributed by atoms with E-state index < -0.39 is 5.91 Å². The van der Waals surface area contributed by atoms with E-state index in [4.69, 9.17) is 32.4 Å². The number of rotatable bonds is 6. The Morgan fingerprint density at radius 3 is 2.81 bits per heavy atom. The third-order valence-corrected chi connectivity index (χ3v) is 4.47. The van der Waals surface area contributed by atoms with Gasteiger partial charge in [-0.15, -0.1) is 0 Å². The smallest absolute Gasteiger partial charge is 0.307 e. The number of benzene rings is 2. The van der Waals surface area contributed by atoms with E-state index in [1.54, 1.807) is 36.4 Å². The van der Waals surface area contributed by atoms with Crippen LogP contribution in [0.4, 0.5) is 0 Å². The molecule has 3 rings (SSSR count). The van der Waals surface area contributed by atoms with Crippen molar-refractivity contribution in [3.8, 4) is 5.75 Å². The van der Waals surface area contributed by atoms with Gasteiger partial charge in [0.2, 0.25) is 0 Å². The maximum absolute atomic E-state index is 12.2. The van der Waals surface area contributed by atoms with Gasteiger partial charge in [0.25, 0.3) is 0 Å². The second-order valence-corrected chi connectivity index (χ2v) is 6.86. The van der Waals surface area contributed by atoms with Crippen LogP contribution >= 0.6 is 23.2 Å². The number of hydrogen-bond donors (Lipinski definition) is 1. The van der Waals surface area contributed by atoms with Crippen LogP contribution in [0.25, 0.3) is 11.0 Å². The summed E-state index contributed by atoms with van der Waals surface area (Å²) >= 11 is 12.2. The molecule has 2 aromatic carbocycles. The van der Waals surface area contributed by atoms with Crippen molar-refractivity contribution in [3.05, 3.63) is 63.8 Å². The normalized spacial score (nSPS) is 12.4. The SMILES string of the molecule is CC[C@H](C)Oc1ccc(/C=N/NC(=O)c2cc3cc(Cl)ccc3o2)cc1Cl. The van der Waals surface area contributed by atoms with Crippen LogP contribution in [0.3, 0.4) is 0 Å². The number of nitrogens with one attached hydrogen (secondary N) is 1. The first kappa shape index (κ1) is 19.3. The van der Waals surface area contributed by atoms with E-state index in [0.717, 1.165) is 17.4 Å². The number of carbonyl (C=O) groups excluding carboxylic acids is 1. The van der Waals surface area contributed by atoms with Gasteiger partial charge >= 0.3 is 5.91 Å². The Bertz CT molecular complexity index is 998. The Morgan fingerprint density at radius 2 is 2.07 bits per heavy atom. The van der Waals surface area contributed by atoms with Crippen LogP contribution in [0.5, 0.6) is 5.75 Å². The summed E-state index contributed by atoms with van der Waals surface area (Å²) in [5.74, 6) is 0.314. The van der Waals surface area contributed by atoms with Crippen molar-refractivity contribution >= 4 is 46.3 Å². The summed E-state index contributed by atoms with van der Waals surface area (Å²) in [4.78, 5) is 12.2. The minimum Gasteiger partial charge on any atom is -0.489 e. The Balaban J connectivity index is 1.65. The summed E-state index contributed by atoms with van der Waals surface area (Å²) < 4.78 is 11.2. The maximum Gasteiger partial charge on any atom is 0.307 e. The molecule has 0 aliphatic heterocycles. The number of carbonyl (C=O) groups is 1. The average molecular weight is 405 g/mol. The van der Waals surface area contributed by atoms with Gasteiger partial charge in [0.1, 0.15) is 11.3 Å².